The molecule has 2 unspecified atom stereocenters. The van der Waals surface area contributed by atoms with Crippen molar-refractivity contribution in [3.63, 3.8) is 0 Å². The molecule has 0 bridgehead atoms. The molecule has 0 saturated carbocycles. The summed E-state index contributed by atoms with van der Waals surface area (Å²) in [4.78, 5) is 13.5. The summed E-state index contributed by atoms with van der Waals surface area (Å²) in [6.07, 6.45) is 1.83. The molecule has 0 aromatic rings. The second-order valence-corrected chi connectivity index (χ2v) is 5.41. The van der Waals surface area contributed by atoms with Crippen LogP contribution < -0.4 is 5.32 Å². The summed E-state index contributed by atoms with van der Waals surface area (Å²) in [5, 5.41) is 12.3. The van der Waals surface area contributed by atoms with Crippen molar-refractivity contribution in [1.29, 1.82) is 0 Å². The number of nitrogens with one attached hydrogen (secondary N) is 1. The Hall–Kier alpha value is -0.610. The second-order valence-electron chi connectivity index (χ2n) is 5.41. The average Bonchev–Trinajstić information content (AvgIpc) is 2.31. The van der Waals surface area contributed by atoms with Gasteiger partial charge < -0.3 is 15.3 Å². The summed E-state index contributed by atoms with van der Waals surface area (Å²) in [6.45, 7) is 13.4. The summed E-state index contributed by atoms with van der Waals surface area (Å²) < 4.78 is 0. The standard InChI is InChI=1S/C14H30N2O2/c1-6-12(5)10-16(7-2)9-8-13(14(17)18)15-11(3)4/h11-13,15H,6-10H2,1-5H3,(H,17,18). The lowest BCUT2D eigenvalue weighted by atomic mass is 10.1. The predicted molar refractivity (Wildman–Crippen MR) is 75.9 cm³/mol. The highest BCUT2D eigenvalue weighted by atomic mass is 16.4. The number of aliphatic carboxylic acids is 1. The molecule has 2 atom stereocenters. The molecule has 0 aromatic heterocycles. The van der Waals surface area contributed by atoms with Gasteiger partial charge in [0.15, 0.2) is 0 Å². The van der Waals surface area contributed by atoms with Crippen molar-refractivity contribution in [1.82, 2.24) is 10.2 Å². The molecule has 0 rings (SSSR count). The molecule has 0 aliphatic carbocycles. The van der Waals surface area contributed by atoms with Crippen molar-refractivity contribution in [3.8, 4) is 0 Å². The third-order valence-electron chi connectivity index (χ3n) is 3.28. The summed E-state index contributed by atoms with van der Waals surface area (Å²) in [5.74, 6) is -0.0745. The van der Waals surface area contributed by atoms with Gasteiger partial charge in [-0.15, -0.1) is 0 Å². The molecule has 0 heterocycles. The largest absolute Gasteiger partial charge is 0.480 e. The van der Waals surface area contributed by atoms with E-state index in [9.17, 15) is 4.79 Å². The third kappa shape index (κ3) is 7.67. The van der Waals surface area contributed by atoms with E-state index >= 15 is 0 Å². The van der Waals surface area contributed by atoms with Gasteiger partial charge in [-0.05, 0) is 18.9 Å². The lowest BCUT2D eigenvalue weighted by molar-refractivity contribution is -0.140. The van der Waals surface area contributed by atoms with Crippen LogP contribution in [0.5, 0.6) is 0 Å². The Morgan fingerprint density at radius 3 is 2.28 bits per heavy atom. The van der Waals surface area contributed by atoms with Crippen LogP contribution in [-0.4, -0.2) is 47.7 Å². The van der Waals surface area contributed by atoms with Crippen LogP contribution in [0.4, 0.5) is 0 Å². The monoisotopic (exact) mass is 258 g/mol. The van der Waals surface area contributed by atoms with Gasteiger partial charge in [-0.3, -0.25) is 4.79 Å². The van der Waals surface area contributed by atoms with Gasteiger partial charge in [-0.1, -0.05) is 41.0 Å². The summed E-state index contributed by atoms with van der Waals surface area (Å²) in [6, 6.07) is -0.230. The van der Waals surface area contributed by atoms with Crippen molar-refractivity contribution in [3.05, 3.63) is 0 Å². The molecular weight excluding hydrogens is 228 g/mol. The van der Waals surface area contributed by atoms with Crippen LogP contribution in [0.25, 0.3) is 0 Å². The van der Waals surface area contributed by atoms with Gasteiger partial charge in [0.2, 0.25) is 0 Å². The van der Waals surface area contributed by atoms with Crippen molar-refractivity contribution >= 4 is 5.97 Å². The Labute approximate surface area is 112 Å². The van der Waals surface area contributed by atoms with Crippen LogP contribution in [0.3, 0.4) is 0 Å². The molecule has 2 N–H and O–H groups in total. The van der Waals surface area contributed by atoms with E-state index in [0.29, 0.717) is 12.3 Å². The minimum atomic E-state index is -0.747. The predicted octanol–water partition coefficient (Wildman–Crippen LogP) is 2.20. The zero-order valence-electron chi connectivity index (χ0n) is 12.6. The van der Waals surface area contributed by atoms with Gasteiger partial charge in [-0.25, -0.2) is 0 Å². The number of carboxylic acids is 1. The van der Waals surface area contributed by atoms with Gasteiger partial charge in [0.05, 0.1) is 0 Å². The van der Waals surface area contributed by atoms with Crippen LogP contribution >= 0.6 is 0 Å². The molecule has 0 aliphatic heterocycles. The Kier molecular flexibility index (Phi) is 9.02. The molecule has 0 radical (unpaired) electrons. The van der Waals surface area contributed by atoms with Gasteiger partial charge in [0, 0.05) is 19.1 Å². The molecule has 4 nitrogen and oxygen atoms in total. The van der Waals surface area contributed by atoms with Gasteiger partial charge in [0.1, 0.15) is 6.04 Å². The van der Waals surface area contributed by atoms with Crippen LogP contribution in [0.15, 0.2) is 0 Å². The number of nitrogens with zero attached hydrogens (tertiary/aromatic N) is 1. The topological polar surface area (TPSA) is 52.6 Å². The van der Waals surface area contributed by atoms with Crippen LogP contribution in [0.1, 0.15) is 47.5 Å². The van der Waals surface area contributed by atoms with Crippen LogP contribution in [0, 0.1) is 5.92 Å². The minimum absolute atomic E-state index is 0.204. The van der Waals surface area contributed by atoms with Crippen LogP contribution in [0.2, 0.25) is 0 Å². The maximum Gasteiger partial charge on any atom is 0.320 e. The van der Waals surface area contributed by atoms with E-state index in [1.165, 1.54) is 6.42 Å². The highest BCUT2D eigenvalue weighted by molar-refractivity contribution is 5.73. The van der Waals surface area contributed by atoms with Crippen LogP contribution in [-0.2, 0) is 4.79 Å². The highest BCUT2D eigenvalue weighted by Crippen LogP contribution is 2.06. The first kappa shape index (κ1) is 17.4. The minimum Gasteiger partial charge on any atom is -0.480 e. The fraction of sp³-hybridized carbons (Fsp3) is 0.929. The van der Waals surface area contributed by atoms with Gasteiger partial charge in [-0.2, -0.15) is 0 Å². The van der Waals surface area contributed by atoms with E-state index in [4.69, 9.17) is 5.11 Å². The molecular formula is C14H30N2O2. The second kappa shape index (κ2) is 9.34. The first-order chi connectivity index (χ1) is 8.40. The lowest BCUT2D eigenvalue weighted by Gasteiger charge is -2.26. The molecule has 0 aromatic carbocycles. The molecule has 0 amide bonds. The highest BCUT2D eigenvalue weighted by Gasteiger charge is 2.19. The molecule has 4 heteroatoms. The number of hydrogen-bond acceptors (Lipinski definition) is 3. The van der Waals surface area contributed by atoms with Gasteiger partial charge >= 0.3 is 5.97 Å². The molecule has 0 aliphatic rings. The van der Waals surface area contributed by atoms with E-state index in [0.717, 1.165) is 19.6 Å². The van der Waals surface area contributed by atoms with E-state index in [2.05, 4.69) is 31.0 Å². The normalized spacial score (nSPS) is 15.1. The molecule has 0 spiro atoms. The van der Waals surface area contributed by atoms with E-state index in [1.807, 2.05) is 13.8 Å². The quantitative estimate of drug-likeness (QED) is 0.631. The first-order valence-electron chi connectivity index (χ1n) is 7.11. The summed E-state index contributed by atoms with van der Waals surface area (Å²) >= 11 is 0. The summed E-state index contributed by atoms with van der Waals surface area (Å²) in [7, 11) is 0. The lowest BCUT2D eigenvalue weighted by Crippen LogP contribution is -2.43. The molecule has 0 fully saturated rings. The fourth-order valence-electron chi connectivity index (χ4n) is 1.94. The third-order valence-corrected chi connectivity index (χ3v) is 3.28. The Balaban J connectivity index is 4.17. The molecule has 18 heavy (non-hydrogen) atoms. The zero-order chi connectivity index (χ0) is 14.1. The number of carboxylic acid groups (broad SMARTS) is 1. The van der Waals surface area contributed by atoms with E-state index < -0.39 is 12.0 Å². The molecule has 108 valence electrons. The average molecular weight is 258 g/mol. The van der Waals surface area contributed by atoms with Crippen molar-refractivity contribution in [2.24, 2.45) is 5.92 Å². The van der Waals surface area contributed by atoms with Gasteiger partial charge in [0.25, 0.3) is 0 Å². The maximum atomic E-state index is 11.1. The van der Waals surface area contributed by atoms with E-state index in [1.54, 1.807) is 0 Å². The zero-order valence-corrected chi connectivity index (χ0v) is 12.6. The van der Waals surface area contributed by atoms with Crippen molar-refractivity contribution < 1.29 is 9.90 Å². The molecule has 0 saturated heterocycles. The maximum absolute atomic E-state index is 11.1. The summed E-state index contributed by atoms with van der Waals surface area (Å²) in [5.41, 5.74) is 0. The smallest absolute Gasteiger partial charge is 0.320 e. The first-order valence-corrected chi connectivity index (χ1v) is 7.11. The SMILES string of the molecule is CCC(C)CN(CC)CCC(NC(C)C)C(=O)O. The van der Waals surface area contributed by atoms with Crippen molar-refractivity contribution in [2.45, 2.75) is 59.5 Å². The fourth-order valence-corrected chi connectivity index (χ4v) is 1.94. The Bertz CT molecular complexity index is 232. The Morgan fingerprint density at radius 2 is 1.89 bits per heavy atom. The Morgan fingerprint density at radius 1 is 1.28 bits per heavy atom. The number of carbonyl (C=O) groups is 1. The number of hydrogen-bond donors (Lipinski definition) is 2. The number of rotatable bonds is 10. The van der Waals surface area contributed by atoms with E-state index in [-0.39, 0.29) is 6.04 Å². The van der Waals surface area contributed by atoms with Crippen molar-refractivity contribution in [2.75, 3.05) is 19.6 Å².